The van der Waals surface area contributed by atoms with Gasteiger partial charge in [0.25, 0.3) is 0 Å². The van der Waals surface area contributed by atoms with E-state index < -0.39 is 0 Å². The summed E-state index contributed by atoms with van der Waals surface area (Å²) in [4.78, 5) is 17.4. The Kier molecular flexibility index (Phi) is 9.97. The van der Waals surface area contributed by atoms with Gasteiger partial charge in [-0.25, -0.2) is 15.0 Å². The number of hydrogen-bond donors (Lipinski definition) is 2. The van der Waals surface area contributed by atoms with Crippen LogP contribution in [0.1, 0.15) is 48.6 Å². The normalized spacial score (nSPS) is 14.5. The molecule has 0 aromatic carbocycles. The molecule has 0 radical (unpaired) electrons. The molecule has 28 heavy (non-hydrogen) atoms. The first-order chi connectivity index (χ1) is 13.3. The number of nitrogens with zero attached hydrogens (tertiary/aromatic N) is 4. The van der Waals surface area contributed by atoms with Crippen LogP contribution in [0.15, 0.2) is 29.5 Å². The zero-order valence-corrected chi connectivity index (χ0v) is 19.9. The molecule has 0 bridgehead atoms. The molecule has 0 atom stereocenters. The Hall–Kier alpha value is -1.42. The summed E-state index contributed by atoms with van der Waals surface area (Å²) >= 11 is 1.75. The molecule has 0 amide bonds. The second kappa shape index (κ2) is 12.2. The highest BCUT2D eigenvalue weighted by atomic mass is 127. The smallest absolute Gasteiger partial charge is 0.191 e. The summed E-state index contributed by atoms with van der Waals surface area (Å²) in [5.74, 6) is 1.90. The number of pyridine rings is 1. The highest BCUT2D eigenvalue weighted by Gasteiger charge is 2.12. The van der Waals surface area contributed by atoms with Crippen molar-refractivity contribution in [3.63, 3.8) is 0 Å². The molecule has 2 aromatic heterocycles. The number of nitrogens with one attached hydrogen (secondary N) is 2. The molecule has 2 aromatic rings. The largest absolute Gasteiger partial charge is 0.357 e. The number of aryl methyl sites for hydroxylation is 1. The van der Waals surface area contributed by atoms with Crippen LogP contribution in [-0.4, -0.2) is 35.6 Å². The van der Waals surface area contributed by atoms with E-state index >= 15 is 0 Å². The topological polar surface area (TPSA) is 65.4 Å². The third-order valence-corrected chi connectivity index (χ3v) is 5.75. The van der Waals surface area contributed by atoms with Crippen LogP contribution in [0, 0.1) is 0 Å². The lowest BCUT2D eigenvalue weighted by molar-refractivity contribution is 0.573. The molecule has 3 heterocycles. The number of piperidine rings is 1. The van der Waals surface area contributed by atoms with Crippen molar-refractivity contribution in [1.82, 2.24) is 20.6 Å². The number of halogens is 1. The summed E-state index contributed by atoms with van der Waals surface area (Å²) in [6.45, 7) is 8.62. The Morgan fingerprint density at radius 2 is 2.00 bits per heavy atom. The third kappa shape index (κ3) is 6.88. The molecular weight excluding hydrogens is 483 g/mol. The van der Waals surface area contributed by atoms with E-state index in [-0.39, 0.29) is 24.0 Å². The fourth-order valence-electron chi connectivity index (χ4n) is 3.12. The van der Waals surface area contributed by atoms with E-state index in [1.165, 1.54) is 29.7 Å². The number of thiazole rings is 1. The summed E-state index contributed by atoms with van der Waals surface area (Å²) in [5, 5.41) is 7.79. The third-order valence-electron chi connectivity index (χ3n) is 4.61. The molecule has 2 N–H and O–H groups in total. The maximum Gasteiger partial charge on any atom is 0.191 e. The van der Waals surface area contributed by atoms with E-state index in [1.807, 2.05) is 12.4 Å². The molecular formula is C20H31IN6S. The summed E-state index contributed by atoms with van der Waals surface area (Å²) in [6, 6.07) is 4.22. The van der Waals surface area contributed by atoms with Crippen LogP contribution in [0.3, 0.4) is 0 Å². The lowest BCUT2D eigenvalue weighted by Gasteiger charge is -2.27. The fraction of sp³-hybridized carbons (Fsp3) is 0.550. The molecule has 8 heteroatoms. The lowest BCUT2D eigenvalue weighted by Crippen LogP contribution is -2.36. The van der Waals surface area contributed by atoms with Crippen molar-refractivity contribution in [2.24, 2.45) is 4.99 Å². The summed E-state index contributed by atoms with van der Waals surface area (Å²) in [5.41, 5.74) is 1.19. The Morgan fingerprint density at radius 3 is 2.71 bits per heavy atom. The SMILES string of the molecule is CCNC(=NCc1ccnc(N2CCCCC2)c1)NCc1ncc(CC)s1.I. The van der Waals surface area contributed by atoms with Gasteiger partial charge in [0.15, 0.2) is 5.96 Å². The Morgan fingerprint density at radius 1 is 1.18 bits per heavy atom. The van der Waals surface area contributed by atoms with Gasteiger partial charge in [0.2, 0.25) is 0 Å². The molecule has 1 saturated heterocycles. The molecule has 1 fully saturated rings. The van der Waals surface area contributed by atoms with Gasteiger partial charge in [-0.3, -0.25) is 0 Å². The summed E-state index contributed by atoms with van der Waals surface area (Å²) in [6.07, 6.45) is 8.75. The van der Waals surface area contributed by atoms with Crippen LogP contribution >= 0.6 is 35.3 Å². The first-order valence-electron chi connectivity index (χ1n) is 9.94. The average Bonchev–Trinajstić information content (AvgIpc) is 3.19. The molecule has 1 aliphatic heterocycles. The van der Waals surface area contributed by atoms with Crippen LogP contribution < -0.4 is 15.5 Å². The van der Waals surface area contributed by atoms with Crippen molar-refractivity contribution in [3.05, 3.63) is 40.0 Å². The lowest BCUT2D eigenvalue weighted by atomic mass is 10.1. The van der Waals surface area contributed by atoms with E-state index in [4.69, 9.17) is 4.99 Å². The van der Waals surface area contributed by atoms with E-state index in [0.29, 0.717) is 13.1 Å². The maximum absolute atomic E-state index is 4.74. The average molecular weight is 514 g/mol. The van der Waals surface area contributed by atoms with Crippen molar-refractivity contribution < 1.29 is 0 Å². The van der Waals surface area contributed by atoms with Gasteiger partial charge < -0.3 is 15.5 Å². The van der Waals surface area contributed by atoms with Crippen molar-refractivity contribution in [2.75, 3.05) is 24.5 Å². The van der Waals surface area contributed by atoms with E-state index in [0.717, 1.165) is 42.8 Å². The van der Waals surface area contributed by atoms with E-state index in [2.05, 4.69) is 51.5 Å². The van der Waals surface area contributed by atoms with E-state index in [1.54, 1.807) is 11.3 Å². The van der Waals surface area contributed by atoms with Gasteiger partial charge in [0.05, 0.1) is 13.1 Å². The minimum Gasteiger partial charge on any atom is -0.357 e. The first kappa shape index (κ1) is 22.9. The monoisotopic (exact) mass is 514 g/mol. The number of rotatable bonds is 7. The van der Waals surface area contributed by atoms with Crippen molar-refractivity contribution in [1.29, 1.82) is 0 Å². The quantitative estimate of drug-likeness (QED) is 0.333. The molecule has 0 spiro atoms. The van der Waals surface area contributed by atoms with Crippen molar-refractivity contribution in [3.8, 4) is 0 Å². The van der Waals surface area contributed by atoms with Gasteiger partial charge in [0.1, 0.15) is 10.8 Å². The number of hydrogen-bond acceptors (Lipinski definition) is 5. The van der Waals surface area contributed by atoms with E-state index in [9.17, 15) is 0 Å². The van der Waals surface area contributed by atoms with Gasteiger partial charge >= 0.3 is 0 Å². The van der Waals surface area contributed by atoms with Gasteiger partial charge in [-0.2, -0.15) is 0 Å². The standard InChI is InChI=1S/C20H30N6S.HI/c1-3-17-14-23-19(27-17)15-25-20(21-4-2)24-13-16-8-9-22-18(12-16)26-10-6-5-7-11-26;/h8-9,12,14H,3-7,10-11,13,15H2,1-2H3,(H2,21,24,25);1H. The highest BCUT2D eigenvalue weighted by Crippen LogP contribution is 2.18. The van der Waals surface area contributed by atoms with Gasteiger partial charge in [-0.1, -0.05) is 6.92 Å². The van der Waals surface area contributed by atoms with Gasteiger partial charge in [0, 0.05) is 36.9 Å². The second-order valence-corrected chi connectivity index (χ2v) is 7.89. The van der Waals surface area contributed by atoms with Crippen LogP contribution in [0.25, 0.3) is 0 Å². The number of aromatic nitrogens is 2. The zero-order valence-electron chi connectivity index (χ0n) is 16.8. The fourth-order valence-corrected chi connectivity index (χ4v) is 3.92. The first-order valence-corrected chi connectivity index (χ1v) is 10.8. The number of anilines is 1. The number of guanidine groups is 1. The van der Waals surface area contributed by atoms with Crippen LogP contribution in [0.5, 0.6) is 0 Å². The van der Waals surface area contributed by atoms with Crippen LogP contribution in [0.2, 0.25) is 0 Å². The molecule has 0 unspecified atom stereocenters. The maximum atomic E-state index is 4.74. The second-order valence-electron chi connectivity index (χ2n) is 6.69. The number of aliphatic imine (C=N–C) groups is 1. The molecule has 6 nitrogen and oxygen atoms in total. The molecule has 0 aliphatic carbocycles. The summed E-state index contributed by atoms with van der Waals surface area (Å²) in [7, 11) is 0. The predicted molar refractivity (Wildman–Crippen MR) is 129 cm³/mol. The Labute approximate surface area is 189 Å². The molecule has 154 valence electrons. The van der Waals surface area contributed by atoms with Gasteiger partial charge in [-0.05, 0) is 50.3 Å². The van der Waals surface area contributed by atoms with Crippen molar-refractivity contribution in [2.45, 2.75) is 52.6 Å². The zero-order chi connectivity index (χ0) is 18.9. The molecule has 1 aliphatic rings. The highest BCUT2D eigenvalue weighted by molar-refractivity contribution is 14.0. The summed E-state index contributed by atoms with van der Waals surface area (Å²) < 4.78 is 0. The molecule has 0 saturated carbocycles. The Bertz CT molecular complexity index is 742. The van der Waals surface area contributed by atoms with Crippen LogP contribution in [-0.2, 0) is 19.5 Å². The minimum absolute atomic E-state index is 0. The van der Waals surface area contributed by atoms with Crippen molar-refractivity contribution >= 4 is 47.1 Å². The van der Waals surface area contributed by atoms with Crippen LogP contribution in [0.4, 0.5) is 5.82 Å². The minimum atomic E-state index is 0. The Balaban J connectivity index is 0.00000280. The van der Waals surface area contributed by atoms with Gasteiger partial charge in [-0.15, -0.1) is 35.3 Å². The predicted octanol–water partition coefficient (Wildman–Crippen LogP) is 3.96. The molecule has 3 rings (SSSR count).